The van der Waals surface area contributed by atoms with Crippen molar-refractivity contribution in [3.63, 3.8) is 0 Å². The van der Waals surface area contributed by atoms with Crippen LogP contribution in [0, 0.1) is 0 Å². The predicted molar refractivity (Wildman–Crippen MR) is 85.3 cm³/mol. The van der Waals surface area contributed by atoms with Crippen molar-refractivity contribution in [2.24, 2.45) is 7.05 Å². The van der Waals surface area contributed by atoms with E-state index >= 15 is 0 Å². The minimum Gasteiger partial charge on any atom is -0.326 e. The Morgan fingerprint density at radius 2 is 2.05 bits per heavy atom. The first-order valence-corrected chi connectivity index (χ1v) is 7.13. The van der Waals surface area contributed by atoms with E-state index in [1.807, 2.05) is 61.0 Å². The van der Waals surface area contributed by atoms with E-state index < -0.39 is 0 Å². The molecule has 4 rings (SSSR count). The summed E-state index contributed by atoms with van der Waals surface area (Å²) in [6, 6.07) is 8.25. The summed E-state index contributed by atoms with van der Waals surface area (Å²) in [7, 11) is 1.93. The van der Waals surface area contributed by atoms with Gasteiger partial charge in [0, 0.05) is 54.5 Å². The van der Waals surface area contributed by atoms with Crippen LogP contribution in [0.4, 0.5) is 0 Å². The maximum atomic E-state index is 4.55. The van der Waals surface area contributed by atoms with Crippen LogP contribution in [0.3, 0.4) is 0 Å². The summed E-state index contributed by atoms with van der Waals surface area (Å²) >= 11 is 0. The number of fused-ring (bicyclic) bond motifs is 1. The standard InChI is InChI=1S/C17H15N5/c1-21-11-13(9-20-21)12-22-8-7-19-17(22)16-4-2-3-14-10-18-6-5-15(14)16/h2-11H,12H2,1H3. The van der Waals surface area contributed by atoms with Crippen molar-refractivity contribution in [3.05, 3.63) is 67.0 Å². The minimum absolute atomic E-state index is 0.755. The maximum Gasteiger partial charge on any atom is 0.140 e. The number of pyridine rings is 1. The summed E-state index contributed by atoms with van der Waals surface area (Å²) in [5, 5.41) is 6.51. The lowest BCUT2D eigenvalue weighted by Gasteiger charge is -2.09. The first kappa shape index (κ1) is 12.8. The normalized spacial score (nSPS) is 11.1. The third-order valence-electron chi connectivity index (χ3n) is 3.75. The van der Waals surface area contributed by atoms with Crippen LogP contribution in [0.2, 0.25) is 0 Å². The summed E-state index contributed by atoms with van der Waals surface area (Å²) < 4.78 is 3.96. The monoisotopic (exact) mass is 289 g/mol. The number of hydrogen-bond acceptors (Lipinski definition) is 3. The van der Waals surface area contributed by atoms with E-state index in [-0.39, 0.29) is 0 Å². The molecule has 0 amide bonds. The van der Waals surface area contributed by atoms with E-state index in [9.17, 15) is 0 Å². The lowest BCUT2D eigenvalue weighted by Crippen LogP contribution is -2.00. The zero-order valence-corrected chi connectivity index (χ0v) is 12.2. The molecule has 0 unspecified atom stereocenters. The fourth-order valence-electron chi connectivity index (χ4n) is 2.75. The zero-order valence-electron chi connectivity index (χ0n) is 12.2. The molecule has 22 heavy (non-hydrogen) atoms. The van der Waals surface area contributed by atoms with Crippen LogP contribution < -0.4 is 0 Å². The molecule has 1 aromatic carbocycles. The highest BCUT2D eigenvalue weighted by molar-refractivity contribution is 5.94. The molecule has 0 atom stereocenters. The lowest BCUT2D eigenvalue weighted by molar-refractivity contribution is 0.763. The van der Waals surface area contributed by atoms with Crippen LogP contribution in [-0.2, 0) is 13.6 Å². The number of imidazole rings is 1. The first-order chi connectivity index (χ1) is 10.8. The average molecular weight is 289 g/mol. The second kappa shape index (κ2) is 5.11. The van der Waals surface area contributed by atoms with Gasteiger partial charge in [-0.05, 0) is 11.5 Å². The van der Waals surface area contributed by atoms with Crippen LogP contribution in [-0.4, -0.2) is 24.3 Å². The lowest BCUT2D eigenvalue weighted by atomic mass is 10.1. The molecule has 0 saturated carbocycles. The third kappa shape index (κ3) is 2.16. The van der Waals surface area contributed by atoms with E-state index in [0.717, 1.165) is 34.3 Å². The quantitative estimate of drug-likeness (QED) is 0.582. The van der Waals surface area contributed by atoms with Gasteiger partial charge in [0.2, 0.25) is 0 Å². The number of aryl methyl sites for hydroxylation is 1. The Kier molecular flexibility index (Phi) is 2.96. The second-order valence-corrected chi connectivity index (χ2v) is 5.30. The smallest absolute Gasteiger partial charge is 0.140 e. The van der Waals surface area contributed by atoms with E-state index in [4.69, 9.17) is 0 Å². The molecule has 5 nitrogen and oxygen atoms in total. The summed E-state index contributed by atoms with van der Waals surface area (Å²) in [6.07, 6.45) is 11.5. The summed E-state index contributed by atoms with van der Waals surface area (Å²) in [5.74, 6) is 0.959. The van der Waals surface area contributed by atoms with Crippen LogP contribution >= 0.6 is 0 Å². The van der Waals surface area contributed by atoms with Crippen molar-refractivity contribution >= 4 is 10.8 Å². The number of benzene rings is 1. The maximum absolute atomic E-state index is 4.55. The molecule has 0 saturated heterocycles. The average Bonchev–Trinajstić information content (AvgIpc) is 3.16. The van der Waals surface area contributed by atoms with E-state index in [1.165, 1.54) is 0 Å². The molecule has 0 radical (unpaired) electrons. The molecular weight excluding hydrogens is 274 g/mol. The molecule has 4 aromatic rings. The predicted octanol–water partition coefficient (Wildman–Crippen LogP) is 2.88. The van der Waals surface area contributed by atoms with Gasteiger partial charge in [-0.3, -0.25) is 9.67 Å². The highest BCUT2D eigenvalue weighted by Crippen LogP contribution is 2.27. The largest absolute Gasteiger partial charge is 0.326 e. The molecule has 108 valence electrons. The van der Waals surface area contributed by atoms with Crippen LogP contribution in [0.15, 0.2) is 61.4 Å². The van der Waals surface area contributed by atoms with E-state index in [0.29, 0.717) is 0 Å². The number of aromatic nitrogens is 5. The molecule has 0 aliphatic carbocycles. The van der Waals surface area contributed by atoms with Gasteiger partial charge >= 0.3 is 0 Å². The molecule has 0 bridgehead atoms. The molecular formula is C17H15N5. The molecule has 0 fully saturated rings. The Balaban J connectivity index is 1.81. The van der Waals surface area contributed by atoms with Gasteiger partial charge in [-0.25, -0.2) is 4.98 Å². The fourth-order valence-corrected chi connectivity index (χ4v) is 2.75. The van der Waals surface area contributed by atoms with Gasteiger partial charge in [-0.15, -0.1) is 0 Å². The molecule has 3 heterocycles. The second-order valence-electron chi connectivity index (χ2n) is 5.30. The minimum atomic E-state index is 0.755. The molecule has 0 spiro atoms. The molecule has 0 aliphatic rings. The zero-order chi connectivity index (χ0) is 14.9. The van der Waals surface area contributed by atoms with Crippen LogP contribution in [0.5, 0.6) is 0 Å². The van der Waals surface area contributed by atoms with Gasteiger partial charge in [-0.1, -0.05) is 18.2 Å². The Hall–Kier alpha value is -2.95. The fraction of sp³-hybridized carbons (Fsp3) is 0.118. The van der Waals surface area contributed by atoms with Crippen molar-refractivity contribution in [2.45, 2.75) is 6.54 Å². The van der Waals surface area contributed by atoms with Gasteiger partial charge in [0.25, 0.3) is 0 Å². The summed E-state index contributed by atoms with van der Waals surface area (Å²) in [5.41, 5.74) is 2.28. The van der Waals surface area contributed by atoms with Crippen molar-refractivity contribution in [1.29, 1.82) is 0 Å². The Bertz CT molecular complexity index is 930. The number of nitrogens with zero attached hydrogens (tertiary/aromatic N) is 5. The van der Waals surface area contributed by atoms with Crippen molar-refractivity contribution in [1.82, 2.24) is 24.3 Å². The first-order valence-electron chi connectivity index (χ1n) is 7.13. The van der Waals surface area contributed by atoms with Crippen molar-refractivity contribution < 1.29 is 0 Å². The van der Waals surface area contributed by atoms with Gasteiger partial charge in [0.1, 0.15) is 5.82 Å². The Morgan fingerprint density at radius 1 is 1.09 bits per heavy atom. The topological polar surface area (TPSA) is 48.5 Å². The molecule has 0 aliphatic heterocycles. The van der Waals surface area contributed by atoms with Crippen LogP contribution in [0.1, 0.15) is 5.56 Å². The third-order valence-corrected chi connectivity index (χ3v) is 3.75. The van der Waals surface area contributed by atoms with Gasteiger partial charge in [0.15, 0.2) is 0 Å². The van der Waals surface area contributed by atoms with Gasteiger partial charge in [-0.2, -0.15) is 5.10 Å². The SMILES string of the molecule is Cn1cc(Cn2ccnc2-c2cccc3cnccc23)cn1. The van der Waals surface area contributed by atoms with Crippen LogP contribution in [0.25, 0.3) is 22.2 Å². The summed E-state index contributed by atoms with van der Waals surface area (Å²) in [6.45, 7) is 0.755. The molecule has 5 heteroatoms. The summed E-state index contributed by atoms with van der Waals surface area (Å²) in [4.78, 5) is 8.74. The van der Waals surface area contributed by atoms with E-state index in [2.05, 4.69) is 31.8 Å². The molecule has 0 N–H and O–H groups in total. The van der Waals surface area contributed by atoms with E-state index in [1.54, 1.807) is 0 Å². The Morgan fingerprint density at radius 3 is 2.91 bits per heavy atom. The molecule has 3 aromatic heterocycles. The van der Waals surface area contributed by atoms with Gasteiger partial charge in [0.05, 0.1) is 12.7 Å². The van der Waals surface area contributed by atoms with Crippen molar-refractivity contribution in [3.8, 4) is 11.4 Å². The highest BCUT2D eigenvalue weighted by atomic mass is 15.2. The number of hydrogen-bond donors (Lipinski definition) is 0. The number of rotatable bonds is 3. The van der Waals surface area contributed by atoms with Gasteiger partial charge < -0.3 is 4.57 Å². The van der Waals surface area contributed by atoms with Crippen molar-refractivity contribution in [2.75, 3.05) is 0 Å². The Labute approximate surface area is 127 Å². The highest BCUT2D eigenvalue weighted by Gasteiger charge is 2.10.